The van der Waals surface area contributed by atoms with Gasteiger partial charge in [0.15, 0.2) is 11.6 Å². The third kappa shape index (κ3) is 6.44. The molecule has 1 heterocycles. The maximum atomic E-state index is 14.4. The Kier molecular flexibility index (Phi) is 9.03. The number of benzene rings is 1. The molecule has 7 heteroatoms. The Morgan fingerprint density at radius 3 is 2.78 bits per heavy atom. The average molecular weight is 371 g/mol. The van der Waals surface area contributed by atoms with E-state index in [2.05, 4.69) is 16.2 Å². The number of carbonyl (C=O) groups excluding carboxylic acids is 2. The van der Waals surface area contributed by atoms with E-state index in [0.29, 0.717) is 25.0 Å². The van der Waals surface area contributed by atoms with E-state index >= 15 is 0 Å². The van der Waals surface area contributed by atoms with Crippen molar-refractivity contribution in [1.82, 2.24) is 10.3 Å². The molecular weight excluding hydrogens is 349 g/mol. The monoisotopic (exact) mass is 371 g/mol. The molecule has 0 saturated carbocycles. The highest BCUT2D eigenvalue weighted by molar-refractivity contribution is 5.98. The van der Waals surface area contributed by atoms with Gasteiger partial charge in [-0.15, -0.1) is 12.3 Å². The Morgan fingerprint density at radius 1 is 1.37 bits per heavy atom. The van der Waals surface area contributed by atoms with Crippen LogP contribution in [0.4, 0.5) is 10.2 Å². The number of ether oxygens (including phenoxy) is 1. The number of nitrogens with two attached hydrogens (primary N) is 1. The van der Waals surface area contributed by atoms with Crippen LogP contribution in [0.15, 0.2) is 30.3 Å². The Labute approximate surface area is 157 Å². The standard InChI is InChI=1S/C19H20FN3O2.CH2O/c1-3-4-5-11-25-16-8-6-7-14(17(16)20)12-22-19(24)15-10-9-13(2)23-18(15)21;1-2/h1,6-10H,4-5,11-12H2,2H3,(H2,21,23)(H,22,24);1H2. The molecule has 0 aliphatic rings. The van der Waals surface area contributed by atoms with Crippen LogP contribution < -0.4 is 15.8 Å². The summed E-state index contributed by atoms with van der Waals surface area (Å²) in [6.07, 6.45) is 6.39. The average Bonchev–Trinajstić information content (AvgIpc) is 2.67. The molecule has 27 heavy (non-hydrogen) atoms. The maximum absolute atomic E-state index is 14.4. The number of aryl methyl sites for hydroxylation is 1. The molecule has 0 bridgehead atoms. The number of hydrogen-bond donors (Lipinski definition) is 2. The molecule has 0 atom stereocenters. The molecule has 3 N–H and O–H groups in total. The first kappa shape index (κ1) is 21.6. The summed E-state index contributed by atoms with van der Waals surface area (Å²) in [6.45, 7) is 4.13. The zero-order valence-corrected chi connectivity index (χ0v) is 15.1. The maximum Gasteiger partial charge on any atom is 0.255 e. The van der Waals surface area contributed by atoms with Gasteiger partial charge in [0.05, 0.1) is 12.2 Å². The fourth-order valence-electron chi connectivity index (χ4n) is 2.20. The number of nitrogens with zero attached hydrogens (tertiary/aromatic N) is 1. The summed E-state index contributed by atoms with van der Waals surface area (Å²) in [5.41, 5.74) is 7.04. The molecule has 0 unspecified atom stereocenters. The molecule has 2 aromatic rings. The Balaban J connectivity index is 0.00000176. The second kappa shape index (κ2) is 11.3. The van der Waals surface area contributed by atoms with E-state index in [4.69, 9.17) is 21.7 Å². The normalized spacial score (nSPS) is 9.52. The molecule has 6 nitrogen and oxygen atoms in total. The molecule has 0 radical (unpaired) electrons. The predicted octanol–water partition coefficient (Wildman–Crippen LogP) is 2.65. The van der Waals surface area contributed by atoms with E-state index in [9.17, 15) is 9.18 Å². The molecule has 0 spiro atoms. The molecule has 142 valence electrons. The molecule has 0 saturated heterocycles. The van der Waals surface area contributed by atoms with E-state index in [1.54, 1.807) is 37.3 Å². The minimum atomic E-state index is -0.501. The molecule has 0 aliphatic carbocycles. The van der Waals surface area contributed by atoms with Crippen LogP contribution in [0.2, 0.25) is 0 Å². The summed E-state index contributed by atoms with van der Waals surface area (Å²) in [7, 11) is 0. The number of nitrogens with one attached hydrogen (secondary N) is 1. The number of rotatable bonds is 7. The van der Waals surface area contributed by atoms with Crippen LogP contribution in [-0.4, -0.2) is 24.3 Å². The quantitative estimate of drug-likeness (QED) is 0.576. The number of terminal acetylenes is 1. The topological polar surface area (TPSA) is 94.3 Å². The van der Waals surface area contributed by atoms with Crippen LogP contribution in [-0.2, 0) is 11.3 Å². The number of pyridine rings is 1. The molecule has 1 aromatic carbocycles. The second-order valence-corrected chi connectivity index (χ2v) is 5.45. The number of amides is 1. The van der Waals surface area contributed by atoms with E-state index < -0.39 is 11.7 Å². The van der Waals surface area contributed by atoms with Gasteiger partial charge in [-0.2, -0.15) is 0 Å². The third-order valence-electron chi connectivity index (χ3n) is 3.51. The van der Waals surface area contributed by atoms with Crippen molar-refractivity contribution in [3.8, 4) is 18.1 Å². The fraction of sp³-hybridized carbons (Fsp3) is 0.250. The van der Waals surface area contributed by atoms with Gasteiger partial charge < -0.3 is 20.6 Å². The van der Waals surface area contributed by atoms with Crippen molar-refractivity contribution < 1.29 is 18.7 Å². The van der Waals surface area contributed by atoms with Gasteiger partial charge in [0, 0.05) is 24.2 Å². The number of aromatic nitrogens is 1. The van der Waals surface area contributed by atoms with Crippen LogP contribution in [0.3, 0.4) is 0 Å². The van der Waals surface area contributed by atoms with Crippen molar-refractivity contribution in [2.24, 2.45) is 0 Å². The number of hydrogen-bond acceptors (Lipinski definition) is 5. The highest BCUT2D eigenvalue weighted by Crippen LogP contribution is 2.21. The van der Waals surface area contributed by atoms with E-state index in [0.717, 1.165) is 5.69 Å². The van der Waals surface area contributed by atoms with Crippen LogP contribution in [0.1, 0.15) is 34.5 Å². The first-order chi connectivity index (χ1) is 13.0. The lowest BCUT2D eigenvalue weighted by atomic mass is 10.1. The molecule has 0 fully saturated rings. The van der Waals surface area contributed by atoms with E-state index in [1.165, 1.54) is 0 Å². The van der Waals surface area contributed by atoms with Crippen molar-refractivity contribution >= 4 is 18.5 Å². The lowest BCUT2D eigenvalue weighted by molar-refractivity contribution is -0.0980. The first-order valence-corrected chi connectivity index (χ1v) is 8.16. The van der Waals surface area contributed by atoms with Gasteiger partial charge in [0.2, 0.25) is 0 Å². The summed E-state index contributed by atoms with van der Waals surface area (Å²) in [5, 5.41) is 2.64. The zero-order chi connectivity index (χ0) is 20.2. The molecule has 1 aromatic heterocycles. The van der Waals surface area contributed by atoms with Crippen molar-refractivity contribution in [2.75, 3.05) is 12.3 Å². The smallest absolute Gasteiger partial charge is 0.255 e. The number of nitrogen functional groups attached to an aromatic ring is 1. The van der Waals surface area contributed by atoms with Crippen molar-refractivity contribution in [3.05, 3.63) is 53.0 Å². The zero-order valence-electron chi connectivity index (χ0n) is 15.1. The van der Waals surface area contributed by atoms with Crippen LogP contribution in [0.5, 0.6) is 5.75 Å². The van der Waals surface area contributed by atoms with Crippen LogP contribution >= 0.6 is 0 Å². The SMILES string of the molecule is C#CCCCOc1cccc(CNC(=O)c2ccc(C)nc2N)c1F.C=O. The lowest BCUT2D eigenvalue weighted by Crippen LogP contribution is -2.24. The van der Waals surface area contributed by atoms with Gasteiger partial charge in [-0.1, -0.05) is 12.1 Å². The highest BCUT2D eigenvalue weighted by Gasteiger charge is 2.13. The van der Waals surface area contributed by atoms with Crippen molar-refractivity contribution in [3.63, 3.8) is 0 Å². The summed E-state index contributed by atoms with van der Waals surface area (Å²) in [6, 6.07) is 8.08. The third-order valence-corrected chi connectivity index (χ3v) is 3.51. The molecule has 0 aliphatic heterocycles. The lowest BCUT2D eigenvalue weighted by Gasteiger charge is -2.11. The first-order valence-electron chi connectivity index (χ1n) is 8.16. The minimum Gasteiger partial charge on any atom is -0.490 e. The van der Waals surface area contributed by atoms with Gasteiger partial charge >= 0.3 is 0 Å². The van der Waals surface area contributed by atoms with Crippen LogP contribution in [0, 0.1) is 25.1 Å². The van der Waals surface area contributed by atoms with E-state index in [-0.39, 0.29) is 23.7 Å². The summed E-state index contributed by atoms with van der Waals surface area (Å²) < 4.78 is 19.8. The predicted molar refractivity (Wildman–Crippen MR) is 102 cm³/mol. The molecule has 1 amide bonds. The summed E-state index contributed by atoms with van der Waals surface area (Å²) >= 11 is 0. The largest absolute Gasteiger partial charge is 0.490 e. The van der Waals surface area contributed by atoms with Gasteiger partial charge in [-0.25, -0.2) is 9.37 Å². The molecule has 2 rings (SSSR count). The highest BCUT2D eigenvalue weighted by atomic mass is 19.1. The van der Waals surface area contributed by atoms with E-state index in [1.807, 2.05) is 6.79 Å². The minimum absolute atomic E-state index is 0.0134. The van der Waals surface area contributed by atoms with Gasteiger partial charge in [-0.3, -0.25) is 4.79 Å². The second-order valence-electron chi connectivity index (χ2n) is 5.45. The fourth-order valence-corrected chi connectivity index (χ4v) is 2.20. The summed E-state index contributed by atoms with van der Waals surface area (Å²) in [5.74, 6) is 1.87. The number of unbranched alkanes of at least 4 members (excludes halogenated alkanes) is 1. The van der Waals surface area contributed by atoms with Gasteiger partial charge in [0.1, 0.15) is 12.6 Å². The number of anilines is 1. The van der Waals surface area contributed by atoms with Crippen LogP contribution in [0.25, 0.3) is 0 Å². The Morgan fingerprint density at radius 2 is 2.11 bits per heavy atom. The number of carbonyl (C=O) groups is 2. The number of halogens is 1. The Hall–Kier alpha value is -3.40. The summed E-state index contributed by atoms with van der Waals surface area (Å²) in [4.78, 5) is 24.2. The van der Waals surface area contributed by atoms with Crippen molar-refractivity contribution in [2.45, 2.75) is 26.3 Å². The molecular formula is C20H22FN3O3. The Bertz CT molecular complexity index is 819. The van der Waals surface area contributed by atoms with Crippen molar-refractivity contribution in [1.29, 1.82) is 0 Å². The van der Waals surface area contributed by atoms with Gasteiger partial charge in [-0.05, 0) is 31.5 Å². The van der Waals surface area contributed by atoms with Gasteiger partial charge in [0.25, 0.3) is 5.91 Å².